The molecule has 4 heterocycles. The van der Waals surface area contributed by atoms with Gasteiger partial charge in [0, 0.05) is 24.9 Å². The second-order valence-corrected chi connectivity index (χ2v) is 20.4. The smallest absolute Gasteiger partial charge is 0.310 e. The summed E-state index contributed by atoms with van der Waals surface area (Å²) < 4.78 is 36.0. The van der Waals surface area contributed by atoms with Crippen LogP contribution < -0.4 is 23.4 Å². The lowest BCUT2D eigenvalue weighted by Crippen LogP contribution is -2.44. The highest BCUT2D eigenvalue weighted by Crippen LogP contribution is 2.57. The number of fused-ring (bicyclic) bond motifs is 3. The first-order valence-corrected chi connectivity index (χ1v) is 20.9. The van der Waals surface area contributed by atoms with E-state index >= 15 is 0 Å². The highest BCUT2D eigenvalue weighted by molar-refractivity contribution is 6.74. The molecule has 0 unspecified atom stereocenters. The highest BCUT2D eigenvalue weighted by Gasteiger charge is 2.53. The molecule has 4 atom stereocenters. The summed E-state index contributed by atoms with van der Waals surface area (Å²) in [6, 6.07) is 7.01. The molecular weight excluding hydrogens is 671 g/mol. The molecule has 5 aliphatic rings. The molecule has 0 N–H and O–H groups in total. The Hall–Kier alpha value is -4.10. The van der Waals surface area contributed by atoms with Crippen LogP contribution >= 0.6 is 0 Å². The van der Waals surface area contributed by atoms with Gasteiger partial charge in [-0.15, -0.1) is 0 Å². The molecule has 2 aromatic rings. The fraction of sp³-hybridized carbons (Fsp3) is 0.579. The minimum atomic E-state index is -2.29. The molecule has 0 saturated carbocycles. The zero-order valence-electron chi connectivity index (χ0n) is 30.7. The van der Waals surface area contributed by atoms with E-state index in [1.165, 1.54) is 11.3 Å². The van der Waals surface area contributed by atoms with Crippen LogP contribution in [0.1, 0.15) is 75.1 Å². The van der Waals surface area contributed by atoms with Gasteiger partial charge in [0.05, 0.1) is 39.2 Å². The zero-order chi connectivity index (χ0) is 36.2. The standard InChI is InChI=1S/C38H49N3O9Si/c1-38(2,3)51(6,7)50-35-29(45-4)15-22(16-30(35)46-5)32-23-17-27-28(49-21-48-27)18-24(23)34(25-20-47-37(44)33(25)32)39-26-19-31(42)41(36(26)43)14-13-40-11-9-8-10-12-40/h15-18,25,32-34H,8-14,19-21H2,1-7H3/t25-,32+,33-,34+/m0/s1. The number of methoxy groups -OCH3 is 2. The molecule has 51 heavy (non-hydrogen) atoms. The van der Waals surface area contributed by atoms with Crippen LogP contribution in [0.25, 0.3) is 0 Å². The predicted molar refractivity (Wildman–Crippen MR) is 192 cm³/mol. The van der Waals surface area contributed by atoms with Crippen LogP contribution in [0.5, 0.6) is 28.7 Å². The highest BCUT2D eigenvalue weighted by atomic mass is 28.4. The van der Waals surface area contributed by atoms with Crippen LogP contribution in [0.3, 0.4) is 0 Å². The lowest BCUT2D eigenvalue weighted by atomic mass is 9.65. The minimum absolute atomic E-state index is 0.0665. The monoisotopic (exact) mass is 719 g/mol. The van der Waals surface area contributed by atoms with Crippen LogP contribution in [0.2, 0.25) is 18.1 Å². The number of hydrogen-bond donors (Lipinski definition) is 0. The third-order valence-electron chi connectivity index (χ3n) is 11.6. The van der Waals surface area contributed by atoms with Gasteiger partial charge < -0.3 is 33.0 Å². The number of esters is 1. The first-order valence-electron chi connectivity index (χ1n) is 18.0. The van der Waals surface area contributed by atoms with Gasteiger partial charge in [-0.05, 0) is 85.0 Å². The van der Waals surface area contributed by atoms with E-state index in [0.717, 1.165) is 42.6 Å². The van der Waals surface area contributed by atoms with Gasteiger partial charge in [0.15, 0.2) is 28.7 Å². The number of benzene rings is 2. The number of rotatable bonds is 9. The third-order valence-corrected chi connectivity index (χ3v) is 16.0. The maximum absolute atomic E-state index is 13.8. The van der Waals surface area contributed by atoms with Crippen molar-refractivity contribution in [2.45, 2.75) is 76.5 Å². The van der Waals surface area contributed by atoms with E-state index in [0.29, 0.717) is 41.8 Å². The van der Waals surface area contributed by atoms with E-state index in [2.05, 4.69) is 38.8 Å². The molecule has 2 amide bonds. The number of amides is 2. The molecule has 1 aliphatic carbocycles. The number of likely N-dealkylation sites (tertiary alicyclic amines) is 2. The molecule has 3 saturated heterocycles. The second kappa shape index (κ2) is 13.5. The van der Waals surface area contributed by atoms with E-state index < -0.39 is 32.1 Å². The molecule has 12 nitrogen and oxygen atoms in total. The Kier molecular flexibility index (Phi) is 9.32. The number of carbonyl (C=O) groups is 3. The van der Waals surface area contributed by atoms with Gasteiger partial charge in [-0.25, -0.2) is 0 Å². The van der Waals surface area contributed by atoms with E-state index in [4.69, 9.17) is 33.1 Å². The van der Waals surface area contributed by atoms with Gasteiger partial charge in [-0.3, -0.25) is 24.3 Å². The number of nitrogens with zero attached hydrogens (tertiary/aromatic N) is 3. The van der Waals surface area contributed by atoms with E-state index in [1.807, 2.05) is 24.3 Å². The van der Waals surface area contributed by atoms with Crippen LogP contribution in [0, 0.1) is 11.8 Å². The number of piperidine rings is 1. The normalized spacial score (nSPS) is 25.6. The van der Waals surface area contributed by atoms with Crippen LogP contribution in [0.15, 0.2) is 29.3 Å². The number of cyclic esters (lactones) is 1. The summed E-state index contributed by atoms with van der Waals surface area (Å²) >= 11 is 0. The van der Waals surface area contributed by atoms with Crippen molar-refractivity contribution in [3.05, 3.63) is 41.0 Å². The average molecular weight is 720 g/mol. The van der Waals surface area contributed by atoms with Crippen molar-refractivity contribution < 1.29 is 42.5 Å². The van der Waals surface area contributed by atoms with Crippen molar-refractivity contribution in [3.8, 4) is 28.7 Å². The Morgan fingerprint density at radius 2 is 1.53 bits per heavy atom. The summed E-state index contributed by atoms with van der Waals surface area (Å²) in [5, 5.41) is -0.0700. The lowest BCUT2D eigenvalue weighted by molar-refractivity contribution is -0.142. The lowest BCUT2D eigenvalue weighted by Gasteiger charge is -2.39. The number of ether oxygens (including phenoxy) is 5. The average Bonchev–Trinajstić information content (AvgIpc) is 3.79. The Labute approximate surface area is 300 Å². The maximum atomic E-state index is 13.8. The summed E-state index contributed by atoms with van der Waals surface area (Å²) in [6.45, 7) is 14.0. The summed E-state index contributed by atoms with van der Waals surface area (Å²) in [4.78, 5) is 49.3. The van der Waals surface area contributed by atoms with Crippen molar-refractivity contribution in [2.75, 3.05) is 53.8 Å². The van der Waals surface area contributed by atoms with Crippen molar-refractivity contribution >= 4 is 31.8 Å². The van der Waals surface area contributed by atoms with Crippen LogP contribution in [0.4, 0.5) is 0 Å². The number of carbonyl (C=O) groups excluding carboxylic acids is 3. The molecule has 0 spiro atoms. The van der Waals surface area contributed by atoms with Gasteiger partial charge in [0.1, 0.15) is 5.71 Å². The SMILES string of the molecule is COc1cc([C@@H]2c3cc4c(cc3[C@@H](N=C3CC(=O)N(CCN5CCCCC5)C3=O)[C@H]3COC(=O)[C@H]23)OCO4)cc(OC)c1O[Si](C)(C)C(C)(C)C. The molecule has 0 aromatic heterocycles. The maximum Gasteiger partial charge on any atom is 0.310 e. The third kappa shape index (κ3) is 6.36. The van der Waals surface area contributed by atoms with Crippen LogP contribution in [-0.2, 0) is 19.1 Å². The van der Waals surface area contributed by atoms with Crippen molar-refractivity contribution in [1.29, 1.82) is 0 Å². The first kappa shape index (κ1) is 35.3. The minimum Gasteiger partial charge on any atom is -0.539 e. The van der Waals surface area contributed by atoms with Gasteiger partial charge in [0.2, 0.25) is 12.7 Å². The fourth-order valence-corrected chi connectivity index (χ4v) is 8.81. The number of aliphatic imine (C=N–C) groups is 1. The van der Waals surface area contributed by atoms with E-state index in [1.54, 1.807) is 14.2 Å². The summed E-state index contributed by atoms with van der Waals surface area (Å²) in [5.41, 5.74) is 2.58. The van der Waals surface area contributed by atoms with E-state index in [9.17, 15) is 14.4 Å². The molecule has 7 rings (SSSR count). The summed E-state index contributed by atoms with van der Waals surface area (Å²) in [6.07, 6.45) is 3.40. The van der Waals surface area contributed by atoms with Crippen molar-refractivity contribution in [1.82, 2.24) is 9.80 Å². The molecule has 0 bridgehead atoms. The number of hydrogen-bond acceptors (Lipinski definition) is 11. The Morgan fingerprint density at radius 3 is 2.16 bits per heavy atom. The zero-order valence-corrected chi connectivity index (χ0v) is 31.7. The number of imide groups is 1. The second-order valence-electron chi connectivity index (χ2n) is 15.7. The van der Waals surface area contributed by atoms with Crippen LogP contribution in [-0.4, -0.2) is 95.4 Å². The molecule has 0 radical (unpaired) electrons. The quantitative estimate of drug-likeness (QED) is 0.187. The Morgan fingerprint density at radius 1 is 0.882 bits per heavy atom. The van der Waals surface area contributed by atoms with E-state index in [-0.39, 0.29) is 48.4 Å². The molecule has 274 valence electrons. The summed E-state index contributed by atoms with van der Waals surface area (Å²) in [5.74, 6) is 0.149. The van der Waals surface area contributed by atoms with Gasteiger partial charge >= 0.3 is 5.97 Å². The molecule has 3 fully saturated rings. The summed E-state index contributed by atoms with van der Waals surface area (Å²) in [7, 11) is 0.898. The first-order chi connectivity index (χ1) is 24.3. The fourth-order valence-electron chi connectivity index (χ4n) is 7.79. The molecule has 2 aromatic carbocycles. The van der Waals surface area contributed by atoms with Gasteiger partial charge in [-0.1, -0.05) is 27.2 Å². The van der Waals surface area contributed by atoms with Crippen molar-refractivity contribution in [3.63, 3.8) is 0 Å². The van der Waals surface area contributed by atoms with Gasteiger partial charge in [-0.2, -0.15) is 0 Å². The Bertz CT molecular complexity index is 1740. The van der Waals surface area contributed by atoms with Gasteiger partial charge in [0.25, 0.3) is 14.2 Å². The molecular formula is C38H49N3O9Si. The largest absolute Gasteiger partial charge is 0.539 e. The Balaban J connectivity index is 1.29. The molecule has 4 aliphatic heterocycles. The topological polar surface area (TPSA) is 125 Å². The molecule has 13 heteroatoms. The van der Waals surface area contributed by atoms with Crippen molar-refractivity contribution in [2.24, 2.45) is 16.8 Å². The predicted octanol–water partition coefficient (Wildman–Crippen LogP) is 5.48.